The second kappa shape index (κ2) is 2.41. The zero-order chi connectivity index (χ0) is 6.69. The molecule has 9 heavy (non-hydrogen) atoms. The highest BCUT2D eigenvalue weighted by molar-refractivity contribution is 5.15. The molecule has 0 bridgehead atoms. The number of aromatic nitrogens is 1. The molecule has 0 amide bonds. The molecule has 0 aliphatic heterocycles. The van der Waals surface area contributed by atoms with Gasteiger partial charge in [0.15, 0.2) is 5.75 Å². The van der Waals surface area contributed by atoms with Gasteiger partial charge in [0.05, 0.1) is 6.20 Å². The van der Waals surface area contributed by atoms with Gasteiger partial charge in [0.2, 0.25) is 5.95 Å². The van der Waals surface area contributed by atoms with E-state index in [1.165, 1.54) is 18.3 Å². The van der Waals surface area contributed by atoms with E-state index in [0.717, 1.165) is 0 Å². The molecule has 1 aromatic rings. The van der Waals surface area contributed by atoms with E-state index < -0.39 is 5.95 Å². The summed E-state index contributed by atoms with van der Waals surface area (Å²) in [5.74, 6) is 4.54. The minimum atomic E-state index is -0.546. The molecule has 0 aliphatic carbocycles. The monoisotopic (exact) mass is 128 g/mol. The van der Waals surface area contributed by atoms with Gasteiger partial charge in [-0.05, 0) is 12.1 Å². The first-order valence-corrected chi connectivity index (χ1v) is 2.31. The summed E-state index contributed by atoms with van der Waals surface area (Å²) in [5.41, 5.74) is 0. The number of halogens is 1. The van der Waals surface area contributed by atoms with E-state index in [9.17, 15) is 4.39 Å². The maximum absolute atomic E-state index is 12.0. The zero-order valence-corrected chi connectivity index (χ0v) is 4.54. The highest BCUT2D eigenvalue weighted by atomic mass is 19.1. The van der Waals surface area contributed by atoms with Gasteiger partial charge >= 0.3 is 0 Å². The van der Waals surface area contributed by atoms with Crippen molar-refractivity contribution in [1.82, 2.24) is 4.98 Å². The van der Waals surface area contributed by atoms with Crippen molar-refractivity contribution in [3.05, 3.63) is 24.3 Å². The van der Waals surface area contributed by atoms with Crippen molar-refractivity contribution < 1.29 is 9.23 Å². The maximum Gasteiger partial charge on any atom is 0.213 e. The molecule has 0 radical (unpaired) electrons. The van der Waals surface area contributed by atoms with Gasteiger partial charge in [0, 0.05) is 0 Å². The van der Waals surface area contributed by atoms with E-state index in [4.69, 9.17) is 5.90 Å². The molecular formula is C5H5FN2O. The van der Waals surface area contributed by atoms with Crippen LogP contribution in [-0.2, 0) is 0 Å². The lowest BCUT2D eigenvalue weighted by Crippen LogP contribution is -2.01. The van der Waals surface area contributed by atoms with E-state index in [1.807, 2.05) is 0 Å². The Bertz CT molecular complexity index is 187. The number of rotatable bonds is 1. The van der Waals surface area contributed by atoms with E-state index in [0.29, 0.717) is 5.75 Å². The van der Waals surface area contributed by atoms with Gasteiger partial charge in [0.1, 0.15) is 0 Å². The van der Waals surface area contributed by atoms with Crippen molar-refractivity contribution in [2.45, 2.75) is 0 Å². The second-order valence-electron chi connectivity index (χ2n) is 1.43. The van der Waals surface area contributed by atoms with Gasteiger partial charge in [-0.25, -0.2) is 4.98 Å². The Morgan fingerprint density at radius 3 is 2.78 bits per heavy atom. The molecule has 1 heterocycles. The lowest BCUT2D eigenvalue weighted by molar-refractivity contribution is 0.331. The Morgan fingerprint density at radius 1 is 1.56 bits per heavy atom. The van der Waals surface area contributed by atoms with Crippen molar-refractivity contribution in [3.63, 3.8) is 0 Å². The highest BCUT2D eigenvalue weighted by Crippen LogP contribution is 2.04. The summed E-state index contributed by atoms with van der Waals surface area (Å²) >= 11 is 0. The quantitative estimate of drug-likeness (QED) is 0.442. The Morgan fingerprint density at radius 2 is 2.33 bits per heavy atom. The number of hydrogen-bond donors (Lipinski definition) is 1. The van der Waals surface area contributed by atoms with E-state index in [-0.39, 0.29) is 0 Å². The molecule has 3 nitrogen and oxygen atoms in total. The molecule has 0 unspecified atom stereocenters. The second-order valence-corrected chi connectivity index (χ2v) is 1.43. The van der Waals surface area contributed by atoms with Crippen LogP contribution in [0.15, 0.2) is 18.3 Å². The lowest BCUT2D eigenvalue weighted by Gasteiger charge is -1.93. The van der Waals surface area contributed by atoms with Crippen LogP contribution in [0.25, 0.3) is 0 Å². The third-order valence-corrected chi connectivity index (χ3v) is 0.836. The van der Waals surface area contributed by atoms with Crippen molar-refractivity contribution in [2.24, 2.45) is 5.90 Å². The molecule has 2 N–H and O–H groups in total. The van der Waals surface area contributed by atoms with Gasteiger partial charge in [-0.2, -0.15) is 10.3 Å². The van der Waals surface area contributed by atoms with Crippen LogP contribution in [0.2, 0.25) is 0 Å². The van der Waals surface area contributed by atoms with Gasteiger partial charge < -0.3 is 4.84 Å². The van der Waals surface area contributed by atoms with E-state index in [2.05, 4.69) is 9.82 Å². The van der Waals surface area contributed by atoms with Crippen LogP contribution in [-0.4, -0.2) is 4.98 Å². The molecule has 0 aromatic carbocycles. The van der Waals surface area contributed by atoms with Crippen molar-refractivity contribution in [2.75, 3.05) is 0 Å². The molecule has 0 aliphatic rings. The van der Waals surface area contributed by atoms with Gasteiger partial charge in [-0.1, -0.05) is 0 Å². The predicted molar refractivity (Wildman–Crippen MR) is 29.0 cm³/mol. The molecule has 0 fully saturated rings. The van der Waals surface area contributed by atoms with E-state index >= 15 is 0 Å². The molecule has 0 saturated carbocycles. The summed E-state index contributed by atoms with van der Waals surface area (Å²) < 4.78 is 12.0. The summed E-state index contributed by atoms with van der Waals surface area (Å²) in [6.45, 7) is 0. The smallest absolute Gasteiger partial charge is 0.213 e. The first kappa shape index (κ1) is 5.97. The fourth-order valence-corrected chi connectivity index (χ4v) is 0.432. The molecule has 48 valence electrons. The largest absolute Gasteiger partial charge is 0.410 e. The van der Waals surface area contributed by atoms with Crippen molar-refractivity contribution in [3.8, 4) is 5.75 Å². The third kappa shape index (κ3) is 1.36. The number of pyridine rings is 1. The number of nitrogens with two attached hydrogens (primary N) is 1. The average Bonchev–Trinajstić information content (AvgIpc) is 1.90. The average molecular weight is 128 g/mol. The Hall–Kier alpha value is -1.16. The standard InChI is InChI=1S/C5H5FN2O/c6-5-2-1-4(9-7)3-8-5/h1-3H,7H2. The van der Waals surface area contributed by atoms with Crippen molar-refractivity contribution in [1.29, 1.82) is 0 Å². The minimum Gasteiger partial charge on any atom is -0.410 e. The maximum atomic E-state index is 12.0. The summed E-state index contributed by atoms with van der Waals surface area (Å²) in [6.07, 6.45) is 1.20. The zero-order valence-electron chi connectivity index (χ0n) is 4.54. The molecule has 0 spiro atoms. The van der Waals surface area contributed by atoms with Gasteiger partial charge in [0.25, 0.3) is 0 Å². The Balaban J connectivity index is 2.88. The molecule has 0 saturated heterocycles. The molecule has 1 rings (SSSR count). The summed E-state index contributed by atoms with van der Waals surface area (Å²) in [7, 11) is 0. The van der Waals surface area contributed by atoms with Crippen LogP contribution in [0.5, 0.6) is 5.75 Å². The predicted octanol–water partition coefficient (Wildman–Crippen LogP) is 0.473. The van der Waals surface area contributed by atoms with Crippen LogP contribution in [0.1, 0.15) is 0 Å². The van der Waals surface area contributed by atoms with Gasteiger partial charge in [-0.3, -0.25) is 0 Å². The van der Waals surface area contributed by atoms with Crippen LogP contribution >= 0.6 is 0 Å². The Kier molecular flexibility index (Phi) is 1.60. The summed E-state index contributed by atoms with van der Waals surface area (Å²) in [6, 6.07) is 2.56. The summed E-state index contributed by atoms with van der Waals surface area (Å²) in [5, 5.41) is 0. The molecule has 4 heteroatoms. The highest BCUT2D eigenvalue weighted by Gasteiger charge is 1.90. The van der Waals surface area contributed by atoms with Crippen molar-refractivity contribution >= 4 is 0 Å². The molecular weight excluding hydrogens is 123 g/mol. The normalized spacial score (nSPS) is 9.11. The summed E-state index contributed by atoms with van der Waals surface area (Å²) in [4.78, 5) is 7.52. The van der Waals surface area contributed by atoms with Crippen LogP contribution < -0.4 is 10.7 Å². The molecule has 0 atom stereocenters. The SMILES string of the molecule is NOc1ccc(F)nc1. The topological polar surface area (TPSA) is 48.1 Å². The minimum absolute atomic E-state index is 0.344. The lowest BCUT2D eigenvalue weighted by atomic mass is 10.5. The fraction of sp³-hybridized carbons (Fsp3) is 0. The fourth-order valence-electron chi connectivity index (χ4n) is 0.432. The van der Waals surface area contributed by atoms with E-state index in [1.54, 1.807) is 0 Å². The third-order valence-electron chi connectivity index (χ3n) is 0.836. The number of hydrogen-bond acceptors (Lipinski definition) is 3. The molecule has 1 aromatic heterocycles. The van der Waals surface area contributed by atoms with Crippen LogP contribution in [0.4, 0.5) is 4.39 Å². The first-order chi connectivity index (χ1) is 4.33. The number of nitrogens with zero attached hydrogens (tertiary/aromatic N) is 1. The Labute approximate surface area is 51.2 Å². The first-order valence-electron chi connectivity index (χ1n) is 2.31. The van der Waals surface area contributed by atoms with Gasteiger partial charge in [-0.15, -0.1) is 0 Å². The van der Waals surface area contributed by atoms with Crippen LogP contribution in [0.3, 0.4) is 0 Å². The van der Waals surface area contributed by atoms with Crippen LogP contribution in [0, 0.1) is 5.95 Å².